The minimum Gasteiger partial charge on any atom is -0.451 e. The number of anilines is 1. The average Bonchev–Trinajstić information content (AvgIpc) is 2.54. The molecule has 1 aromatic heterocycles. The van der Waals surface area contributed by atoms with E-state index in [4.69, 9.17) is 45.3 Å². The minimum absolute atomic E-state index is 0.0910. The number of rotatable bonds is 6. The molecule has 11 heteroatoms. The first-order valence-electron chi connectivity index (χ1n) is 6.73. The highest BCUT2D eigenvalue weighted by atomic mass is 35.5. The standard InChI is InChI=1S/C13H15Cl3N4O4/c1-3-18-12(22)5(2)19-6(21)4-24-13(23)10-7(14)9(17)8(15)11(16)20-10/h5H,3-4H2,1-2H3,(H2,17,20)(H,18,22)(H,19,21)/t5-/m1/s1. The van der Waals surface area contributed by atoms with Crippen LogP contribution in [-0.2, 0) is 14.3 Å². The van der Waals surface area contributed by atoms with Gasteiger partial charge in [-0.2, -0.15) is 0 Å². The quantitative estimate of drug-likeness (QED) is 0.493. The number of hydrogen-bond acceptors (Lipinski definition) is 6. The molecule has 132 valence electrons. The molecule has 1 heterocycles. The van der Waals surface area contributed by atoms with E-state index in [2.05, 4.69) is 15.6 Å². The molecule has 0 radical (unpaired) electrons. The smallest absolute Gasteiger partial charge is 0.359 e. The van der Waals surface area contributed by atoms with Crippen molar-refractivity contribution >= 4 is 58.3 Å². The normalized spacial score (nSPS) is 11.5. The van der Waals surface area contributed by atoms with E-state index in [-0.39, 0.29) is 32.5 Å². The molecule has 0 aliphatic carbocycles. The molecule has 0 aromatic carbocycles. The average molecular weight is 398 g/mol. The van der Waals surface area contributed by atoms with Crippen LogP contribution >= 0.6 is 34.8 Å². The summed E-state index contributed by atoms with van der Waals surface area (Å²) in [6, 6.07) is -0.779. The van der Waals surface area contributed by atoms with Gasteiger partial charge in [0.15, 0.2) is 17.5 Å². The van der Waals surface area contributed by atoms with E-state index in [1.54, 1.807) is 6.92 Å². The van der Waals surface area contributed by atoms with Crippen molar-refractivity contribution in [3.05, 3.63) is 20.9 Å². The maximum absolute atomic E-state index is 11.9. The molecular weight excluding hydrogens is 383 g/mol. The van der Waals surface area contributed by atoms with Crippen LogP contribution in [0, 0.1) is 0 Å². The predicted octanol–water partition coefficient (Wildman–Crippen LogP) is 1.42. The van der Waals surface area contributed by atoms with Crippen LogP contribution in [-0.4, -0.2) is 42.0 Å². The van der Waals surface area contributed by atoms with Crippen LogP contribution in [0.15, 0.2) is 0 Å². The van der Waals surface area contributed by atoms with Crippen LogP contribution in [0.3, 0.4) is 0 Å². The van der Waals surface area contributed by atoms with E-state index in [1.165, 1.54) is 6.92 Å². The van der Waals surface area contributed by atoms with E-state index < -0.39 is 24.5 Å². The number of ether oxygens (including phenoxy) is 1. The molecule has 1 rings (SSSR count). The number of halogens is 3. The molecule has 0 unspecified atom stereocenters. The van der Waals surface area contributed by atoms with Gasteiger partial charge in [0.25, 0.3) is 5.91 Å². The van der Waals surface area contributed by atoms with Crippen LogP contribution in [0.1, 0.15) is 24.3 Å². The Bertz CT molecular complexity index is 669. The molecule has 0 saturated carbocycles. The predicted molar refractivity (Wildman–Crippen MR) is 90.3 cm³/mol. The zero-order valence-electron chi connectivity index (χ0n) is 12.8. The summed E-state index contributed by atoms with van der Waals surface area (Å²) in [6.07, 6.45) is 0. The summed E-state index contributed by atoms with van der Waals surface area (Å²) < 4.78 is 4.77. The van der Waals surface area contributed by atoms with Crippen molar-refractivity contribution in [3.63, 3.8) is 0 Å². The number of carbonyl (C=O) groups is 3. The molecule has 0 spiro atoms. The van der Waals surface area contributed by atoms with Crippen molar-refractivity contribution in [3.8, 4) is 0 Å². The molecule has 8 nitrogen and oxygen atoms in total. The number of nitrogens with zero attached hydrogens (tertiary/aromatic N) is 1. The molecule has 0 saturated heterocycles. The van der Waals surface area contributed by atoms with E-state index in [0.29, 0.717) is 6.54 Å². The topological polar surface area (TPSA) is 123 Å². The molecule has 0 aliphatic rings. The first-order valence-corrected chi connectivity index (χ1v) is 7.86. The van der Waals surface area contributed by atoms with Crippen molar-refractivity contribution in [1.82, 2.24) is 15.6 Å². The van der Waals surface area contributed by atoms with Crippen LogP contribution in [0.25, 0.3) is 0 Å². The van der Waals surface area contributed by atoms with Crippen LogP contribution in [0.2, 0.25) is 15.2 Å². The largest absolute Gasteiger partial charge is 0.451 e. The van der Waals surface area contributed by atoms with Crippen molar-refractivity contribution in [2.24, 2.45) is 0 Å². The van der Waals surface area contributed by atoms with Gasteiger partial charge in [0.1, 0.15) is 11.1 Å². The molecular formula is C13H15Cl3N4O4. The zero-order valence-corrected chi connectivity index (χ0v) is 15.1. The summed E-state index contributed by atoms with van der Waals surface area (Å²) in [4.78, 5) is 38.8. The van der Waals surface area contributed by atoms with E-state index in [9.17, 15) is 14.4 Å². The van der Waals surface area contributed by atoms with Crippen molar-refractivity contribution in [2.75, 3.05) is 18.9 Å². The first kappa shape index (κ1) is 20.3. The Morgan fingerprint density at radius 3 is 2.46 bits per heavy atom. The van der Waals surface area contributed by atoms with Gasteiger partial charge in [-0.1, -0.05) is 34.8 Å². The third-order valence-electron chi connectivity index (χ3n) is 2.72. The maximum Gasteiger partial charge on any atom is 0.359 e. The number of esters is 1. The monoisotopic (exact) mass is 396 g/mol. The summed E-state index contributed by atoms with van der Waals surface area (Å²) >= 11 is 17.3. The lowest BCUT2D eigenvalue weighted by Gasteiger charge is -2.13. The minimum atomic E-state index is -1.01. The molecule has 0 bridgehead atoms. The van der Waals surface area contributed by atoms with Gasteiger partial charge in [-0.15, -0.1) is 0 Å². The fourth-order valence-electron chi connectivity index (χ4n) is 1.54. The Hall–Kier alpha value is -1.77. The van der Waals surface area contributed by atoms with Gasteiger partial charge in [0.2, 0.25) is 5.91 Å². The lowest BCUT2D eigenvalue weighted by atomic mass is 10.3. The van der Waals surface area contributed by atoms with Crippen LogP contribution < -0.4 is 16.4 Å². The molecule has 1 aromatic rings. The summed E-state index contributed by atoms with van der Waals surface area (Å²) in [5.41, 5.74) is 5.09. The Kier molecular flexibility index (Phi) is 7.53. The number of amides is 2. The molecule has 1 atom stereocenters. The van der Waals surface area contributed by atoms with Crippen molar-refractivity contribution in [1.29, 1.82) is 0 Å². The van der Waals surface area contributed by atoms with E-state index >= 15 is 0 Å². The number of hydrogen-bond donors (Lipinski definition) is 3. The molecule has 4 N–H and O–H groups in total. The van der Waals surface area contributed by atoms with E-state index in [0.717, 1.165) is 0 Å². The Labute approximate surface area is 153 Å². The third-order valence-corrected chi connectivity index (χ3v) is 3.86. The van der Waals surface area contributed by atoms with Gasteiger partial charge in [-0.25, -0.2) is 9.78 Å². The number of likely N-dealkylation sites (N-methyl/N-ethyl adjacent to an activating group) is 1. The number of pyridine rings is 1. The highest BCUT2D eigenvalue weighted by Crippen LogP contribution is 2.34. The molecule has 0 aliphatic heterocycles. The number of nitrogens with two attached hydrogens (primary N) is 1. The SMILES string of the molecule is CCNC(=O)[C@@H](C)NC(=O)COC(=O)c1nc(Cl)c(Cl)c(N)c1Cl. The summed E-state index contributed by atoms with van der Waals surface area (Å²) in [5, 5.41) is 4.36. The fourth-order valence-corrected chi connectivity index (χ4v) is 2.13. The van der Waals surface area contributed by atoms with Crippen molar-refractivity contribution in [2.45, 2.75) is 19.9 Å². The second-order valence-electron chi connectivity index (χ2n) is 4.55. The third kappa shape index (κ3) is 5.12. The Morgan fingerprint density at radius 2 is 1.88 bits per heavy atom. The highest BCUT2D eigenvalue weighted by Gasteiger charge is 2.22. The Morgan fingerprint density at radius 1 is 1.25 bits per heavy atom. The van der Waals surface area contributed by atoms with Crippen LogP contribution in [0.4, 0.5) is 5.69 Å². The number of nitrogens with one attached hydrogen (secondary N) is 2. The fraction of sp³-hybridized carbons (Fsp3) is 0.385. The maximum atomic E-state index is 11.9. The van der Waals surface area contributed by atoms with Gasteiger partial charge in [-0.05, 0) is 13.8 Å². The van der Waals surface area contributed by atoms with Gasteiger partial charge < -0.3 is 21.1 Å². The highest BCUT2D eigenvalue weighted by molar-refractivity contribution is 6.46. The molecule has 24 heavy (non-hydrogen) atoms. The summed E-state index contributed by atoms with van der Waals surface area (Å²) in [6.45, 7) is 3.02. The van der Waals surface area contributed by atoms with Crippen molar-refractivity contribution < 1.29 is 19.1 Å². The molecule has 0 fully saturated rings. The van der Waals surface area contributed by atoms with Gasteiger partial charge in [0.05, 0.1) is 10.7 Å². The second kappa shape index (κ2) is 8.91. The van der Waals surface area contributed by atoms with Gasteiger partial charge in [-0.3, -0.25) is 9.59 Å². The lowest BCUT2D eigenvalue weighted by Crippen LogP contribution is -2.46. The lowest BCUT2D eigenvalue weighted by molar-refractivity contribution is -0.130. The van der Waals surface area contributed by atoms with Gasteiger partial charge in [0, 0.05) is 6.54 Å². The Balaban J connectivity index is 2.67. The zero-order chi connectivity index (χ0) is 18.4. The molecule has 2 amide bonds. The first-order chi connectivity index (χ1) is 11.2. The number of aromatic nitrogens is 1. The number of nitrogen functional groups attached to an aromatic ring is 1. The van der Waals surface area contributed by atoms with E-state index in [1.807, 2.05) is 0 Å². The summed E-state index contributed by atoms with van der Waals surface area (Å²) in [5.74, 6) is -2.04. The van der Waals surface area contributed by atoms with Crippen LogP contribution in [0.5, 0.6) is 0 Å². The summed E-state index contributed by atoms with van der Waals surface area (Å²) in [7, 11) is 0. The van der Waals surface area contributed by atoms with Gasteiger partial charge >= 0.3 is 5.97 Å². The second-order valence-corrected chi connectivity index (χ2v) is 5.67. The number of carbonyl (C=O) groups excluding carboxylic acids is 3.